The molecule has 12 heteroatoms. The fourth-order valence-electron chi connectivity index (χ4n) is 4.71. The number of hydrogen-bond donors (Lipinski definition) is 3. The number of hydrogen-bond acceptors (Lipinski definition) is 9. The average molecular weight is 564 g/mol. The van der Waals surface area contributed by atoms with Crippen LogP contribution in [0.15, 0.2) is 53.6 Å². The fraction of sp³-hybridized carbons (Fsp3) is 0.321. The van der Waals surface area contributed by atoms with E-state index >= 15 is 0 Å². The summed E-state index contributed by atoms with van der Waals surface area (Å²) in [6.45, 7) is 4.22. The number of methoxy groups -OCH3 is 1. The molecule has 40 heavy (non-hydrogen) atoms. The van der Waals surface area contributed by atoms with E-state index in [-0.39, 0.29) is 16.8 Å². The number of ether oxygens (including phenoxy) is 1. The van der Waals surface area contributed by atoms with Crippen molar-refractivity contribution >= 4 is 55.6 Å². The van der Waals surface area contributed by atoms with Crippen molar-refractivity contribution in [3.63, 3.8) is 0 Å². The first-order valence-electron chi connectivity index (χ1n) is 13.0. The highest BCUT2D eigenvalue weighted by Gasteiger charge is 2.27. The number of amides is 1. The maximum atomic E-state index is 13.0. The van der Waals surface area contributed by atoms with E-state index in [1.54, 1.807) is 56.3 Å². The molecule has 11 nitrogen and oxygen atoms in total. The van der Waals surface area contributed by atoms with Gasteiger partial charge in [-0.25, -0.2) is 13.4 Å². The summed E-state index contributed by atoms with van der Waals surface area (Å²) in [5.41, 5.74) is 4.14. The zero-order valence-electron chi connectivity index (χ0n) is 23.1. The Labute approximate surface area is 233 Å². The van der Waals surface area contributed by atoms with Crippen LogP contribution in [0, 0.1) is 0 Å². The van der Waals surface area contributed by atoms with Gasteiger partial charge in [0.15, 0.2) is 15.7 Å². The van der Waals surface area contributed by atoms with Crippen LogP contribution in [0.4, 0.5) is 28.8 Å². The predicted octanol–water partition coefficient (Wildman–Crippen LogP) is 4.09. The minimum Gasteiger partial charge on any atom is -0.495 e. The van der Waals surface area contributed by atoms with Gasteiger partial charge in [0.1, 0.15) is 11.3 Å². The van der Waals surface area contributed by atoms with Crippen LogP contribution in [-0.4, -0.2) is 73.7 Å². The number of nitrogens with zero attached hydrogens (tertiary/aromatic N) is 4. The van der Waals surface area contributed by atoms with Gasteiger partial charge >= 0.3 is 0 Å². The molecule has 0 atom stereocenters. The van der Waals surface area contributed by atoms with Crippen molar-refractivity contribution in [2.24, 2.45) is 0 Å². The summed E-state index contributed by atoms with van der Waals surface area (Å²) in [4.78, 5) is 29.2. The van der Waals surface area contributed by atoms with Crippen LogP contribution in [0.3, 0.4) is 0 Å². The number of sulfone groups is 1. The van der Waals surface area contributed by atoms with Gasteiger partial charge in [-0.2, -0.15) is 4.98 Å². The molecule has 0 bridgehead atoms. The summed E-state index contributed by atoms with van der Waals surface area (Å²) < 4.78 is 31.7. The number of fused-ring (bicyclic) bond motifs is 2. The number of aromatic amines is 1. The standard InChI is InChI=1S/C28H33N7O4S/c1-17(2)40(37,38)24-9-7-6-8-19(24)30-27-26-20(10-12-29-26)31-28(33-27)32-21-15-22-18(14-23(21)39-5)11-13-35(22)25(36)16-34(3)4/h6-10,12,14-15,17,29H,11,13,16H2,1-5H3,(H2,30,31,32,33). The second-order valence-corrected chi connectivity index (χ2v) is 12.7. The molecule has 3 heterocycles. The van der Waals surface area contributed by atoms with E-state index < -0.39 is 15.1 Å². The van der Waals surface area contributed by atoms with Crippen LogP contribution >= 0.6 is 0 Å². The van der Waals surface area contributed by atoms with Gasteiger partial charge in [0.05, 0.1) is 40.7 Å². The lowest BCUT2D eigenvalue weighted by Gasteiger charge is -2.21. The highest BCUT2D eigenvalue weighted by atomic mass is 32.2. The molecule has 2 aromatic carbocycles. The van der Waals surface area contributed by atoms with Crippen molar-refractivity contribution in [1.82, 2.24) is 19.9 Å². The number of carbonyl (C=O) groups excluding carboxylic acids is 1. The van der Waals surface area contributed by atoms with Crippen LogP contribution in [-0.2, 0) is 21.1 Å². The second-order valence-electron chi connectivity index (χ2n) is 10.2. The first kappa shape index (κ1) is 27.4. The molecular weight excluding hydrogens is 530 g/mol. The maximum Gasteiger partial charge on any atom is 0.241 e. The zero-order chi connectivity index (χ0) is 28.6. The molecule has 0 unspecified atom stereocenters. The number of benzene rings is 2. The highest BCUT2D eigenvalue weighted by molar-refractivity contribution is 7.92. The molecule has 0 radical (unpaired) electrons. The molecule has 1 aliphatic heterocycles. The van der Waals surface area contributed by atoms with E-state index in [0.29, 0.717) is 47.1 Å². The van der Waals surface area contributed by atoms with Crippen molar-refractivity contribution in [2.45, 2.75) is 30.4 Å². The van der Waals surface area contributed by atoms with Crippen LogP contribution in [0.5, 0.6) is 5.75 Å². The number of nitrogens with one attached hydrogen (secondary N) is 3. The van der Waals surface area contributed by atoms with Crippen molar-refractivity contribution in [1.29, 1.82) is 0 Å². The Morgan fingerprint density at radius 3 is 2.62 bits per heavy atom. The average Bonchev–Trinajstić information content (AvgIpc) is 3.55. The second kappa shape index (κ2) is 10.8. The predicted molar refractivity (Wildman–Crippen MR) is 157 cm³/mol. The van der Waals surface area contributed by atoms with E-state index in [1.165, 1.54) is 0 Å². The van der Waals surface area contributed by atoms with Gasteiger partial charge in [-0.15, -0.1) is 0 Å². The molecular formula is C28H33N7O4S. The Bertz CT molecular complexity index is 1680. The Kier molecular flexibility index (Phi) is 7.39. The summed E-state index contributed by atoms with van der Waals surface area (Å²) in [5, 5.41) is 5.88. The molecule has 3 N–H and O–H groups in total. The number of carbonyl (C=O) groups is 1. The third kappa shape index (κ3) is 5.19. The number of aromatic nitrogens is 3. The Morgan fingerprint density at radius 1 is 1.12 bits per heavy atom. The fourth-order valence-corrected chi connectivity index (χ4v) is 5.91. The smallest absolute Gasteiger partial charge is 0.241 e. The number of anilines is 5. The molecule has 2 aromatic heterocycles. The molecule has 4 aromatic rings. The lowest BCUT2D eigenvalue weighted by Crippen LogP contribution is -2.36. The molecule has 1 amide bonds. The minimum absolute atomic E-state index is 0.0198. The summed E-state index contributed by atoms with van der Waals surface area (Å²) in [5.74, 6) is 1.31. The molecule has 0 spiro atoms. The number of H-pyrrole nitrogens is 1. The number of rotatable bonds is 9. The van der Waals surface area contributed by atoms with Gasteiger partial charge in [0.2, 0.25) is 11.9 Å². The SMILES string of the molecule is COc1cc2c(cc1Nc1nc(Nc3ccccc3S(=O)(=O)C(C)C)c3[nH]ccc3n1)N(C(=O)CN(C)C)CC2. The van der Waals surface area contributed by atoms with E-state index in [0.717, 1.165) is 17.7 Å². The quantitative estimate of drug-likeness (QED) is 0.275. The Balaban J connectivity index is 1.52. The van der Waals surface area contributed by atoms with Crippen molar-refractivity contribution < 1.29 is 17.9 Å². The topological polar surface area (TPSA) is 133 Å². The monoisotopic (exact) mass is 563 g/mol. The molecule has 1 aliphatic rings. The third-order valence-electron chi connectivity index (χ3n) is 6.77. The lowest BCUT2D eigenvalue weighted by atomic mass is 10.1. The molecule has 0 aliphatic carbocycles. The Hall–Kier alpha value is -4.16. The highest BCUT2D eigenvalue weighted by Crippen LogP contribution is 2.39. The van der Waals surface area contributed by atoms with Crippen molar-refractivity contribution in [3.8, 4) is 5.75 Å². The van der Waals surface area contributed by atoms with Gasteiger partial charge in [-0.1, -0.05) is 12.1 Å². The molecule has 0 saturated carbocycles. The third-order valence-corrected chi connectivity index (χ3v) is 8.98. The van der Waals surface area contributed by atoms with Gasteiger partial charge in [0.25, 0.3) is 0 Å². The summed E-state index contributed by atoms with van der Waals surface area (Å²) in [6.07, 6.45) is 2.49. The van der Waals surface area contributed by atoms with Gasteiger partial charge in [-0.3, -0.25) is 4.79 Å². The van der Waals surface area contributed by atoms with Gasteiger partial charge in [-0.05, 0) is 70.3 Å². The lowest BCUT2D eigenvalue weighted by molar-refractivity contribution is -0.119. The minimum atomic E-state index is -3.54. The molecule has 0 fully saturated rings. The van der Waals surface area contributed by atoms with Crippen LogP contribution in [0.1, 0.15) is 19.4 Å². The largest absolute Gasteiger partial charge is 0.495 e. The molecule has 5 rings (SSSR count). The molecule has 0 saturated heterocycles. The first-order valence-corrected chi connectivity index (χ1v) is 14.5. The summed E-state index contributed by atoms with van der Waals surface area (Å²) in [6, 6.07) is 12.4. The van der Waals surface area contributed by atoms with E-state index in [9.17, 15) is 13.2 Å². The van der Waals surface area contributed by atoms with Crippen molar-refractivity contribution in [3.05, 3.63) is 54.2 Å². The molecule has 210 valence electrons. The zero-order valence-corrected chi connectivity index (χ0v) is 24.0. The van der Waals surface area contributed by atoms with E-state index in [1.807, 2.05) is 37.2 Å². The number of likely N-dealkylation sites (N-methyl/N-ethyl adjacent to an activating group) is 1. The van der Waals surface area contributed by atoms with Crippen LogP contribution in [0.2, 0.25) is 0 Å². The van der Waals surface area contributed by atoms with Crippen molar-refractivity contribution in [2.75, 3.05) is 49.8 Å². The first-order chi connectivity index (χ1) is 19.1. The normalized spacial score (nSPS) is 13.2. The summed E-state index contributed by atoms with van der Waals surface area (Å²) in [7, 11) is 1.78. The summed E-state index contributed by atoms with van der Waals surface area (Å²) >= 11 is 0. The van der Waals surface area contributed by atoms with Crippen LogP contribution in [0.25, 0.3) is 11.0 Å². The Morgan fingerprint density at radius 2 is 1.90 bits per heavy atom. The van der Waals surface area contributed by atoms with Gasteiger partial charge < -0.3 is 30.2 Å². The van der Waals surface area contributed by atoms with Crippen LogP contribution < -0.4 is 20.3 Å². The van der Waals surface area contributed by atoms with E-state index in [4.69, 9.17) is 9.72 Å². The van der Waals surface area contributed by atoms with Gasteiger partial charge in [0, 0.05) is 18.4 Å². The maximum absolute atomic E-state index is 13.0. The number of para-hydroxylation sites is 1. The van der Waals surface area contributed by atoms with E-state index in [2.05, 4.69) is 20.6 Å².